The summed E-state index contributed by atoms with van der Waals surface area (Å²) in [5.41, 5.74) is 3.41. The molecule has 2 aromatic rings. The van der Waals surface area contributed by atoms with E-state index >= 15 is 0 Å². The first-order valence-electron chi connectivity index (χ1n) is 5.76. The molecule has 0 N–H and O–H groups in total. The van der Waals surface area contributed by atoms with Crippen LogP contribution in [0, 0.1) is 6.92 Å². The Morgan fingerprint density at radius 3 is 2.56 bits per heavy atom. The standard InChI is InChI=1S/C11H15N3.C2H6/c1-9-10(8-13(2)3)14-7-5-4-6-11(14)12-9;1-2/h4-7H,8H2,1-3H3;1-2H3. The molecule has 0 aliphatic carbocycles. The smallest absolute Gasteiger partial charge is 0.137 e. The number of pyridine rings is 1. The molecule has 16 heavy (non-hydrogen) atoms. The van der Waals surface area contributed by atoms with Crippen molar-refractivity contribution in [3.05, 3.63) is 35.8 Å². The largest absolute Gasteiger partial charge is 0.304 e. The van der Waals surface area contributed by atoms with Gasteiger partial charge in [-0.1, -0.05) is 19.9 Å². The molecule has 0 aliphatic heterocycles. The monoisotopic (exact) mass is 219 g/mol. The molecule has 0 fully saturated rings. The molecular weight excluding hydrogens is 198 g/mol. The van der Waals surface area contributed by atoms with E-state index in [9.17, 15) is 0 Å². The van der Waals surface area contributed by atoms with Crippen molar-refractivity contribution in [2.75, 3.05) is 14.1 Å². The molecule has 0 aromatic carbocycles. The van der Waals surface area contributed by atoms with Crippen LogP contribution in [0.1, 0.15) is 25.2 Å². The Morgan fingerprint density at radius 2 is 1.94 bits per heavy atom. The van der Waals surface area contributed by atoms with Crippen molar-refractivity contribution in [2.45, 2.75) is 27.3 Å². The molecule has 0 aliphatic rings. The molecular formula is C13H21N3. The summed E-state index contributed by atoms with van der Waals surface area (Å²) < 4.78 is 2.15. The van der Waals surface area contributed by atoms with Crippen LogP contribution in [0.4, 0.5) is 0 Å². The maximum Gasteiger partial charge on any atom is 0.137 e. The van der Waals surface area contributed by atoms with Crippen LogP contribution in [0.3, 0.4) is 0 Å². The predicted octanol–water partition coefficient (Wildman–Crippen LogP) is 2.73. The zero-order valence-electron chi connectivity index (χ0n) is 10.9. The van der Waals surface area contributed by atoms with E-state index in [4.69, 9.17) is 0 Å². The molecule has 0 spiro atoms. The van der Waals surface area contributed by atoms with Crippen LogP contribution >= 0.6 is 0 Å². The third kappa shape index (κ3) is 2.61. The Morgan fingerprint density at radius 1 is 1.25 bits per heavy atom. The first-order chi connectivity index (χ1) is 7.68. The quantitative estimate of drug-likeness (QED) is 0.774. The van der Waals surface area contributed by atoms with Gasteiger partial charge in [0.2, 0.25) is 0 Å². The number of aromatic nitrogens is 2. The highest BCUT2D eigenvalue weighted by molar-refractivity contribution is 5.42. The summed E-state index contributed by atoms with van der Waals surface area (Å²) >= 11 is 0. The average molecular weight is 219 g/mol. The van der Waals surface area contributed by atoms with E-state index < -0.39 is 0 Å². The molecule has 0 saturated carbocycles. The Balaban J connectivity index is 0.000000606. The van der Waals surface area contributed by atoms with Gasteiger partial charge in [0.15, 0.2) is 0 Å². The van der Waals surface area contributed by atoms with Crippen molar-refractivity contribution in [3.63, 3.8) is 0 Å². The number of hydrogen-bond donors (Lipinski definition) is 0. The van der Waals surface area contributed by atoms with Crippen molar-refractivity contribution >= 4 is 5.65 Å². The molecule has 88 valence electrons. The zero-order valence-corrected chi connectivity index (χ0v) is 10.9. The number of fused-ring (bicyclic) bond motifs is 1. The Bertz CT molecular complexity index is 443. The summed E-state index contributed by atoms with van der Waals surface area (Å²) in [7, 11) is 4.14. The van der Waals surface area contributed by atoms with Gasteiger partial charge in [-0.2, -0.15) is 0 Å². The molecule has 0 bridgehead atoms. The highest BCUT2D eigenvalue weighted by Gasteiger charge is 2.07. The number of imidazole rings is 1. The first kappa shape index (κ1) is 12.7. The zero-order chi connectivity index (χ0) is 12.1. The van der Waals surface area contributed by atoms with E-state index in [1.54, 1.807) is 0 Å². The van der Waals surface area contributed by atoms with Crippen LogP contribution in [-0.2, 0) is 6.54 Å². The number of aryl methyl sites for hydroxylation is 1. The minimum absolute atomic E-state index is 0.928. The second kappa shape index (κ2) is 5.66. The molecule has 0 amide bonds. The maximum atomic E-state index is 4.50. The van der Waals surface area contributed by atoms with E-state index in [-0.39, 0.29) is 0 Å². The minimum Gasteiger partial charge on any atom is -0.304 e. The number of rotatable bonds is 2. The first-order valence-corrected chi connectivity index (χ1v) is 5.76. The van der Waals surface area contributed by atoms with Crippen molar-refractivity contribution < 1.29 is 0 Å². The Kier molecular flexibility index (Phi) is 4.50. The summed E-state index contributed by atoms with van der Waals surface area (Å²) in [5, 5.41) is 0. The molecule has 0 radical (unpaired) electrons. The lowest BCUT2D eigenvalue weighted by molar-refractivity contribution is 0.394. The second-order valence-electron chi connectivity index (χ2n) is 3.81. The molecule has 0 unspecified atom stereocenters. The van der Waals surface area contributed by atoms with E-state index in [2.05, 4.69) is 41.5 Å². The highest BCUT2D eigenvalue weighted by Crippen LogP contribution is 2.12. The van der Waals surface area contributed by atoms with Gasteiger partial charge in [-0.05, 0) is 33.2 Å². The predicted molar refractivity (Wildman–Crippen MR) is 68.7 cm³/mol. The summed E-state index contributed by atoms with van der Waals surface area (Å²) in [6.45, 7) is 6.99. The average Bonchev–Trinajstić information content (AvgIpc) is 2.58. The Labute approximate surface area is 97.7 Å². The van der Waals surface area contributed by atoms with Gasteiger partial charge in [0.25, 0.3) is 0 Å². The van der Waals surface area contributed by atoms with Crippen molar-refractivity contribution in [1.29, 1.82) is 0 Å². The molecule has 2 rings (SSSR count). The second-order valence-corrected chi connectivity index (χ2v) is 3.81. The number of nitrogens with zero attached hydrogens (tertiary/aromatic N) is 3. The minimum atomic E-state index is 0.928. The topological polar surface area (TPSA) is 20.5 Å². The maximum absolute atomic E-state index is 4.50. The fourth-order valence-corrected chi connectivity index (χ4v) is 1.65. The van der Waals surface area contributed by atoms with E-state index in [0.717, 1.165) is 17.9 Å². The van der Waals surface area contributed by atoms with Gasteiger partial charge >= 0.3 is 0 Å². The van der Waals surface area contributed by atoms with Gasteiger partial charge in [-0.3, -0.25) is 0 Å². The van der Waals surface area contributed by atoms with Crippen molar-refractivity contribution in [3.8, 4) is 0 Å². The van der Waals surface area contributed by atoms with Crippen molar-refractivity contribution in [2.24, 2.45) is 0 Å². The van der Waals surface area contributed by atoms with Gasteiger partial charge in [0.05, 0.1) is 11.4 Å². The molecule has 2 aromatic heterocycles. The van der Waals surface area contributed by atoms with Crippen LogP contribution in [0.25, 0.3) is 5.65 Å². The molecule has 2 heterocycles. The normalized spacial score (nSPS) is 10.4. The van der Waals surface area contributed by atoms with Crippen molar-refractivity contribution in [1.82, 2.24) is 14.3 Å². The summed E-state index contributed by atoms with van der Waals surface area (Å²) in [6.07, 6.45) is 2.06. The third-order valence-electron chi connectivity index (χ3n) is 2.30. The van der Waals surface area contributed by atoms with Crippen LogP contribution in [-0.4, -0.2) is 28.4 Å². The van der Waals surface area contributed by atoms with E-state index in [0.29, 0.717) is 0 Å². The van der Waals surface area contributed by atoms with Gasteiger partial charge in [-0.25, -0.2) is 4.98 Å². The molecule has 3 heteroatoms. The molecule has 3 nitrogen and oxygen atoms in total. The third-order valence-corrected chi connectivity index (χ3v) is 2.30. The van der Waals surface area contributed by atoms with Gasteiger partial charge in [0.1, 0.15) is 5.65 Å². The van der Waals surface area contributed by atoms with Crippen LogP contribution in [0.15, 0.2) is 24.4 Å². The summed E-state index contributed by atoms with van der Waals surface area (Å²) in [6, 6.07) is 6.08. The summed E-state index contributed by atoms with van der Waals surface area (Å²) in [5.74, 6) is 0. The summed E-state index contributed by atoms with van der Waals surface area (Å²) in [4.78, 5) is 6.66. The lowest BCUT2D eigenvalue weighted by atomic mass is 10.3. The lowest BCUT2D eigenvalue weighted by Crippen LogP contribution is -2.13. The van der Waals surface area contributed by atoms with Gasteiger partial charge in [-0.15, -0.1) is 0 Å². The van der Waals surface area contributed by atoms with Crippen LogP contribution in [0.2, 0.25) is 0 Å². The number of hydrogen-bond acceptors (Lipinski definition) is 2. The lowest BCUT2D eigenvalue weighted by Gasteiger charge is -2.09. The van der Waals surface area contributed by atoms with E-state index in [1.165, 1.54) is 5.69 Å². The van der Waals surface area contributed by atoms with Gasteiger partial charge in [0, 0.05) is 12.7 Å². The SMILES string of the molecule is CC.Cc1nc2ccccn2c1CN(C)C. The van der Waals surface area contributed by atoms with Crippen LogP contribution in [0.5, 0.6) is 0 Å². The fourth-order valence-electron chi connectivity index (χ4n) is 1.65. The fraction of sp³-hybridized carbons (Fsp3) is 0.462. The van der Waals surface area contributed by atoms with E-state index in [1.807, 2.05) is 32.0 Å². The Hall–Kier alpha value is -1.35. The molecule has 0 saturated heterocycles. The molecule has 0 atom stereocenters. The highest BCUT2D eigenvalue weighted by atomic mass is 15.1. The van der Waals surface area contributed by atoms with Crippen LogP contribution < -0.4 is 0 Å². The van der Waals surface area contributed by atoms with Gasteiger partial charge < -0.3 is 9.30 Å².